The van der Waals surface area contributed by atoms with E-state index in [-0.39, 0.29) is 17.6 Å². The number of hydrogen-bond acceptors (Lipinski definition) is 2. The summed E-state index contributed by atoms with van der Waals surface area (Å²) in [5.41, 5.74) is 1.03. The molecular weight excluding hydrogens is 268 g/mol. The van der Waals surface area contributed by atoms with Crippen LogP contribution in [0.3, 0.4) is 0 Å². The number of nitrogens with zero attached hydrogens (tertiary/aromatic N) is 1. The second-order valence-corrected chi connectivity index (χ2v) is 5.56. The number of rotatable bonds is 4. The number of urea groups is 1. The molecule has 1 aliphatic heterocycles. The van der Waals surface area contributed by atoms with E-state index in [4.69, 9.17) is 5.11 Å². The van der Waals surface area contributed by atoms with Crippen LogP contribution in [0.5, 0.6) is 0 Å². The number of carbonyl (C=O) groups excluding carboxylic acids is 1. The van der Waals surface area contributed by atoms with E-state index in [1.165, 1.54) is 0 Å². The molecule has 2 amide bonds. The van der Waals surface area contributed by atoms with E-state index in [0.717, 1.165) is 24.8 Å². The van der Waals surface area contributed by atoms with Gasteiger partial charge in [0.05, 0.1) is 5.56 Å². The molecule has 0 bridgehead atoms. The summed E-state index contributed by atoms with van der Waals surface area (Å²) in [5.74, 6) is -0.956. The predicted molar refractivity (Wildman–Crippen MR) is 80.3 cm³/mol. The Labute approximate surface area is 125 Å². The minimum absolute atomic E-state index is 0.0624. The van der Waals surface area contributed by atoms with Crippen molar-refractivity contribution in [2.24, 2.45) is 0 Å². The van der Waals surface area contributed by atoms with E-state index in [9.17, 15) is 9.59 Å². The maximum absolute atomic E-state index is 12.3. The Bertz CT molecular complexity index is 530. The van der Waals surface area contributed by atoms with Crippen LogP contribution in [-0.4, -0.2) is 34.1 Å². The molecular formula is C16H22N2O3. The molecule has 1 aliphatic rings. The van der Waals surface area contributed by atoms with Crippen LogP contribution in [0, 0.1) is 0 Å². The van der Waals surface area contributed by atoms with Gasteiger partial charge in [0.2, 0.25) is 0 Å². The van der Waals surface area contributed by atoms with Gasteiger partial charge in [-0.15, -0.1) is 0 Å². The molecule has 21 heavy (non-hydrogen) atoms. The molecule has 0 aliphatic carbocycles. The molecule has 114 valence electrons. The Kier molecular flexibility index (Phi) is 4.83. The van der Waals surface area contributed by atoms with Gasteiger partial charge in [-0.25, -0.2) is 9.59 Å². The van der Waals surface area contributed by atoms with E-state index in [1.807, 2.05) is 11.0 Å². The molecule has 1 aromatic carbocycles. The molecule has 0 aromatic heterocycles. The standard InChI is InChI=1S/C16H22N2O3/c1-3-14-8-7-11(2)18(14)16(21)17-10-12-5-4-6-13(9-12)15(19)20/h4-6,9,11,14H,3,7-8,10H2,1-2H3,(H,17,21)(H,19,20). The second kappa shape index (κ2) is 6.61. The van der Waals surface area contributed by atoms with Crippen LogP contribution in [0.15, 0.2) is 24.3 Å². The smallest absolute Gasteiger partial charge is 0.335 e. The summed E-state index contributed by atoms with van der Waals surface area (Å²) in [5, 5.41) is 11.9. The molecule has 1 aromatic rings. The van der Waals surface area contributed by atoms with Gasteiger partial charge >= 0.3 is 12.0 Å². The molecule has 1 saturated heterocycles. The fourth-order valence-electron chi connectivity index (χ4n) is 2.92. The minimum Gasteiger partial charge on any atom is -0.478 e. The van der Waals surface area contributed by atoms with Gasteiger partial charge in [-0.3, -0.25) is 0 Å². The van der Waals surface area contributed by atoms with Gasteiger partial charge < -0.3 is 15.3 Å². The SMILES string of the molecule is CCC1CCC(C)N1C(=O)NCc1cccc(C(=O)O)c1. The molecule has 0 spiro atoms. The molecule has 1 fully saturated rings. The van der Waals surface area contributed by atoms with Crippen molar-refractivity contribution in [3.63, 3.8) is 0 Å². The van der Waals surface area contributed by atoms with Gasteiger partial charge in [-0.05, 0) is 43.9 Å². The number of hydrogen-bond donors (Lipinski definition) is 2. The largest absolute Gasteiger partial charge is 0.478 e. The molecule has 2 atom stereocenters. The highest BCUT2D eigenvalue weighted by molar-refractivity contribution is 5.87. The molecule has 0 radical (unpaired) electrons. The minimum atomic E-state index is -0.956. The second-order valence-electron chi connectivity index (χ2n) is 5.56. The maximum atomic E-state index is 12.3. The average Bonchev–Trinajstić information content (AvgIpc) is 2.86. The summed E-state index contributed by atoms with van der Waals surface area (Å²) >= 11 is 0. The lowest BCUT2D eigenvalue weighted by Crippen LogP contribution is -2.45. The Morgan fingerprint density at radius 3 is 2.81 bits per heavy atom. The van der Waals surface area contributed by atoms with Crippen LogP contribution in [-0.2, 0) is 6.54 Å². The van der Waals surface area contributed by atoms with E-state index in [2.05, 4.69) is 19.2 Å². The van der Waals surface area contributed by atoms with Crippen LogP contribution in [0.25, 0.3) is 0 Å². The van der Waals surface area contributed by atoms with Crippen molar-refractivity contribution in [3.8, 4) is 0 Å². The summed E-state index contributed by atoms with van der Waals surface area (Å²) < 4.78 is 0. The quantitative estimate of drug-likeness (QED) is 0.895. The summed E-state index contributed by atoms with van der Waals surface area (Å²) in [4.78, 5) is 25.2. The number of likely N-dealkylation sites (tertiary alicyclic amines) is 1. The lowest BCUT2D eigenvalue weighted by molar-refractivity contribution is 0.0696. The van der Waals surface area contributed by atoms with Crippen LogP contribution < -0.4 is 5.32 Å². The van der Waals surface area contributed by atoms with Crippen LogP contribution in [0.2, 0.25) is 0 Å². The Morgan fingerprint density at radius 1 is 1.38 bits per heavy atom. The Morgan fingerprint density at radius 2 is 2.14 bits per heavy atom. The van der Waals surface area contributed by atoms with Gasteiger partial charge in [0.15, 0.2) is 0 Å². The van der Waals surface area contributed by atoms with Gasteiger partial charge in [0.1, 0.15) is 0 Å². The molecule has 2 N–H and O–H groups in total. The Hall–Kier alpha value is -2.04. The number of carboxylic acids is 1. The first-order valence-electron chi connectivity index (χ1n) is 7.41. The van der Waals surface area contributed by atoms with Gasteiger partial charge in [-0.1, -0.05) is 19.1 Å². The average molecular weight is 290 g/mol. The highest BCUT2D eigenvalue weighted by Gasteiger charge is 2.32. The molecule has 0 saturated carbocycles. The van der Waals surface area contributed by atoms with Crippen LogP contribution in [0.4, 0.5) is 4.79 Å². The van der Waals surface area contributed by atoms with Gasteiger partial charge in [0.25, 0.3) is 0 Å². The van der Waals surface area contributed by atoms with E-state index in [1.54, 1.807) is 18.2 Å². The zero-order chi connectivity index (χ0) is 15.4. The monoisotopic (exact) mass is 290 g/mol. The number of nitrogens with one attached hydrogen (secondary N) is 1. The first-order valence-corrected chi connectivity index (χ1v) is 7.41. The zero-order valence-corrected chi connectivity index (χ0v) is 12.5. The zero-order valence-electron chi connectivity index (χ0n) is 12.5. The summed E-state index contributed by atoms with van der Waals surface area (Å²) in [6.45, 7) is 4.51. The first-order chi connectivity index (χ1) is 10.0. The summed E-state index contributed by atoms with van der Waals surface area (Å²) in [6, 6.07) is 7.16. The fourth-order valence-corrected chi connectivity index (χ4v) is 2.92. The van der Waals surface area contributed by atoms with Gasteiger partial charge in [0, 0.05) is 18.6 Å². The third-order valence-corrected chi connectivity index (χ3v) is 4.11. The lowest BCUT2D eigenvalue weighted by Gasteiger charge is -2.28. The highest BCUT2D eigenvalue weighted by Crippen LogP contribution is 2.25. The number of carbonyl (C=O) groups is 2. The lowest BCUT2D eigenvalue weighted by atomic mass is 10.1. The molecule has 2 unspecified atom stereocenters. The summed E-state index contributed by atoms with van der Waals surface area (Å²) in [6.07, 6.45) is 3.06. The van der Waals surface area contributed by atoms with Crippen molar-refractivity contribution in [1.29, 1.82) is 0 Å². The highest BCUT2D eigenvalue weighted by atomic mass is 16.4. The topological polar surface area (TPSA) is 69.6 Å². The van der Waals surface area contributed by atoms with Gasteiger partial charge in [-0.2, -0.15) is 0 Å². The maximum Gasteiger partial charge on any atom is 0.335 e. The molecule has 2 rings (SSSR count). The fraction of sp³-hybridized carbons (Fsp3) is 0.500. The van der Waals surface area contributed by atoms with Crippen molar-refractivity contribution < 1.29 is 14.7 Å². The first kappa shape index (κ1) is 15.4. The predicted octanol–water partition coefficient (Wildman–Crippen LogP) is 2.86. The van der Waals surface area contributed by atoms with Crippen molar-refractivity contribution in [2.75, 3.05) is 0 Å². The van der Waals surface area contributed by atoms with E-state index in [0.29, 0.717) is 12.6 Å². The number of aromatic carboxylic acids is 1. The Balaban J connectivity index is 1.97. The normalized spacial score (nSPS) is 21.3. The van der Waals surface area contributed by atoms with E-state index < -0.39 is 5.97 Å². The van der Waals surface area contributed by atoms with Crippen molar-refractivity contribution >= 4 is 12.0 Å². The summed E-state index contributed by atoms with van der Waals surface area (Å²) in [7, 11) is 0. The molecule has 5 heteroatoms. The number of carboxylic acid groups (broad SMARTS) is 1. The van der Waals surface area contributed by atoms with Crippen molar-refractivity contribution in [1.82, 2.24) is 10.2 Å². The molecule has 5 nitrogen and oxygen atoms in total. The number of benzene rings is 1. The van der Waals surface area contributed by atoms with Crippen molar-refractivity contribution in [2.45, 2.75) is 51.7 Å². The van der Waals surface area contributed by atoms with Crippen molar-refractivity contribution in [3.05, 3.63) is 35.4 Å². The van der Waals surface area contributed by atoms with Crippen LogP contribution in [0.1, 0.15) is 49.0 Å². The third kappa shape index (κ3) is 3.54. The molecule has 1 heterocycles. The third-order valence-electron chi connectivity index (χ3n) is 4.11. The van der Waals surface area contributed by atoms with E-state index >= 15 is 0 Å². The van der Waals surface area contributed by atoms with Crippen LogP contribution >= 0.6 is 0 Å². The number of amides is 2.